The SMILES string of the molecule is O=C(NCC1CC1C(=O)Nc1cc(F)cc(C(=O)O)c1)OCC1c2ccccc2-c2ccccc21. The molecule has 2 atom stereocenters. The molecule has 2 aliphatic rings. The van der Waals surface area contributed by atoms with Gasteiger partial charge in [0.05, 0.1) is 5.56 Å². The fourth-order valence-electron chi connectivity index (χ4n) is 4.68. The molecule has 7 nitrogen and oxygen atoms in total. The first-order chi connectivity index (χ1) is 16.9. The Morgan fingerprint density at radius 3 is 2.29 bits per heavy atom. The Kier molecular flexibility index (Phi) is 5.94. The van der Waals surface area contributed by atoms with E-state index in [0.717, 1.165) is 34.4 Å². The number of hydrogen-bond acceptors (Lipinski definition) is 4. The highest BCUT2D eigenvalue weighted by Crippen LogP contribution is 2.44. The molecule has 0 bridgehead atoms. The lowest BCUT2D eigenvalue weighted by molar-refractivity contribution is -0.117. The molecular formula is C27H23FN2O5. The van der Waals surface area contributed by atoms with Crippen LogP contribution in [0.2, 0.25) is 0 Å². The third-order valence-corrected chi connectivity index (χ3v) is 6.52. The Balaban J connectivity index is 1.11. The second kappa shape index (κ2) is 9.21. The number of rotatable bonds is 7. The van der Waals surface area contributed by atoms with Gasteiger partial charge in [0.1, 0.15) is 12.4 Å². The number of hydrogen-bond donors (Lipinski definition) is 3. The molecule has 3 N–H and O–H groups in total. The quantitative estimate of drug-likeness (QED) is 0.463. The van der Waals surface area contributed by atoms with Crippen LogP contribution >= 0.6 is 0 Å². The molecule has 0 radical (unpaired) electrons. The van der Waals surface area contributed by atoms with Crippen LogP contribution in [0.15, 0.2) is 66.7 Å². The number of nitrogens with one attached hydrogen (secondary N) is 2. The molecule has 35 heavy (non-hydrogen) atoms. The average molecular weight is 474 g/mol. The predicted octanol–water partition coefficient (Wildman–Crippen LogP) is 4.64. The highest BCUT2D eigenvalue weighted by atomic mass is 19.1. The minimum absolute atomic E-state index is 0.0328. The van der Waals surface area contributed by atoms with Gasteiger partial charge >= 0.3 is 12.1 Å². The topological polar surface area (TPSA) is 105 Å². The van der Waals surface area contributed by atoms with Crippen molar-refractivity contribution in [2.24, 2.45) is 11.8 Å². The van der Waals surface area contributed by atoms with Gasteiger partial charge in [-0.15, -0.1) is 0 Å². The molecule has 0 heterocycles. The zero-order valence-electron chi connectivity index (χ0n) is 18.7. The summed E-state index contributed by atoms with van der Waals surface area (Å²) in [6.07, 6.45) is 0.0190. The van der Waals surface area contributed by atoms with Gasteiger partial charge in [-0.2, -0.15) is 0 Å². The lowest BCUT2D eigenvalue weighted by Crippen LogP contribution is -2.29. The molecule has 3 aromatic carbocycles. The first kappa shape index (κ1) is 22.6. The summed E-state index contributed by atoms with van der Waals surface area (Å²) in [5.41, 5.74) is 4.40. The zero-order valence-corrected chi connectivity index (χ0v) is 18.7. The molecule has 1 fully saturated rings. The smallest absolute Gasteiger partial charge is 0.407 e. The highest BCUT2D eigenvalue weighted by Gasteiger charge is 2.43. The number of halogens is 1. The molecule has 0 saturated heterocycles. The second-order valence-electron chi connectivity index (χ2n) is 8.83. The molecule has 0 spiro atoms. The van der Waals surface area contributed by atoms with Gasteiger partial charge in [0.25, 0.3) is 0 Å². The van der Waals surface area contributed by atoms with Gasteiger partial charge < -0.3 is 20.5 Å². The van der Waals surface area contributed by atoms with Crippen LogP contribution in [0.1, 0.15) is 33.8 Å². The van der Waals surface area contributed by atoms with E-state index in [0.29, 0.717) is 6.42 Å². The number of amides is 2. The van der Waals surface area contributed by atoms with E-state index in [1.807, 2.05) is 36.4 Å². The maximum Gasteiger partial charge on any atom is 0.407 e. The van der Waals surface area contributed by atoms with E-state index in [9.17, 15) is 18.8 Å². The second-order valence-corrected chi connectivity index (χ2v) is 8.83. The average Bonchev–Trinajstić information content (AvgIpc) is 3.56. The van der Waals surface area contributed by atoms with Gasteiger partial charge in [-0.1, -0.05) is 48.5 Å². The van der Waals surface area contributed by atoms with E-state index < -0.39 is 17.9 Å². The van der Waals surface area contributed by atoms with Gasteiger partial charge in [0.2, 0.25) is 5.91 Å². The first-order valence-electron chi connectivity index (χ1n) is 11.3. The number of fused-ring (bicyclic) bond motifs is 3. The summed E-state index contributed by atoms with van der Waals surface area (Å²) in [4.78, 5) is 35.8. The van der Waals surface area contributed by atoms with Crippen molar-refractivity contribution in [3.63, 3.8) is 0 Å². The summed E-state index contributed by atoms with van der Waals surface area (Å²) in [5.74, 6) is -2.81. The van der Waals surface area contributed by atoms with Crippen molar-refractivity contribution >= 4 is 23.7 Å². The monoisotopic (exact) mass is 474 g/mol. The van der Waals surface area contributed by atoms with Crippen LogP contribution in [0, 0.1) is 17.7 Å². The summed E-state index contributed by atoms with van der Waals surface area (Å²) in [6, 6.07) is 19.3. The van der Waals surface area contributed by atoms with Gasteiger partial charge in [0.15, 0.2) is 0 Å². The first-order valence-corrected chi connectivity index (χ1v) is 11.3. The summed E-state index contributed by atoms with van der Waals surface area (Å²) >= 11 is 0. The van der Waals surface area contributed by atoms with Crippen LogP contribution in [-0.2, 0) is 9.53 Å². The fourth-order valence-corrected chi connectivity index (χ4v) is 4.68. The highest BCUT2D eigenvalue weighted by molar-refractivity contribution is 5.96. The van der Waals surface area contributed by atoms with E-state index >= 15 is 0 Å². The number of aromatic carboxylic acids is 1. The van der Waals surface area contributed by atoms with E-state index in [1.165, 1.54) is 6.07 Å². The van der Waals surface area contributed by atoms with Crippen molar-refractivity contribution in [1.29, 1.82) is 0 Å². The fraction of sp³-hybridized carbons (Fsp3) is 0.222. The lowest BCUT2D eigenvalue weighted by Gasteiger charge is -2.14. The van der Waals surface area contributed by atoms with E-state index in [-0.39, 0.29) is 48.1 Å². The predicted molar refractivity (Wildman–Crippen MR) is 127 cm³/mol. The van der Waals surface area contributed by atoms with Crippen LogP contribution in [0.25, 0.3) is 11.1 Å². The number of ether oxygens (including phenoxy) is 1. The van der Waals surface area contributed by atoms with Crippen LogP contribution in [-0.4, -0.2) is 36.2 Å². The lowest BCUT2D eigenvalue weighted by atomic mass is 9.98. The van der Waals surface area contributed by atoms with Gasteiger partial charge in [-0.25, -0.2) is 14.0 Å². The zero-order chi connectivity index (χ0) is 24.5. The number of anilines is 1. The maximum atomic E-state index is 13.6. The third-order valence-electron chi connectivity index (χ3n) is 6.52. The van der Waals surface area contributed by atoms with Crippen LogP contribution in [0.4, 0.5) is 14.9 Å². The standard InChI is InChI=1S/C27H23FN2O5/c28-17-9-15(26(32)33)10-18(12-17)30-25(31)23-11-16(23)13-29-27(34)35-14-24-21-7-3-1-5-19(21)20-6-2-4-8-22(20)24/h1-10,12,16,23-24H,11,13-14H2,(H,29,34)(H,30,31)(H,32,33). The molecule has 2 aliphatic carbocycles. The summed E-state index contributed by atoms with van der Waals surface area (Å²) < 4.78 is 19.1. The van der Waals surface area contributed by atoms with Gasteiger partial charge in [-0.3, -0.25) is 4.79 Å². The van der Waals surface area contributed by atoms with E-state index in [4.69, 9.17) is 9.84 Å². The van der Waals surface area contributed by atoms with Crippen LogP contribution in [0.5, 0.6) is 0 Å². The molecule has 178 valence electrons. The third kappa shape index (κ3) is 4.73. The molecule has 5 rings (SSSR count). The van der Waals surface area contributed by atoms with Gasteiger partial charge in [-0.05, 0) is 52.8 Å². The Bertz CT molecular complexity index is 1280. The number of alkyl carbamates (subject to hydrolysis) is 1. The van der Waals surface area contributed by atoms with Crippen molar-refractivity contribution in [1.82, 2.24) is 5.32 Å². The molecule has 2 unspecified atom stereocenters. The number of carboxylic acids is 1. The Labute approximate surface area is 200 Å². The Hall–Kier alpha value is -4.20. The Morgan fingerprint density at radius 2 is 1.63 bits per heavy atom. The van der Waals surface area contributed by atoms with Crippen molar-refractivity contribution in [3.8, 4) is 11.1 Å². The minimum atomic E-state index is -1.28. The molecule has 1 saturated carbocycles. The van der Waals surface area contributed by atoms with Gasteiger partial charge in [0, 0.05) is 24.1 Å². The van der Waals surface area contributed by atoms with Crippen molar-refractivity contribution < 1.29 is 28.6 Å². The summed E-state index contributed by atoms with van der Waals surface area (Å²) in [6.45, 7) is 0.484. The largest absolute Gasteiger partial charge is 0.478 e. The number of carboxylic acid groups (broad SMARTS) is 1. The van der Waals surface area contributed by atoms with Crippen LogP contribution in [0.3, 0.4) is 0 Å². The van der Waals surface area contributed by atoms with Crippen molar-refractivity contribution in [2.45, 2.75) is 12.3 Å². The molecule has 2 amide bonds. The number of carbonyl (C=O) groups excluding carboxylic acids is 2. The van der Waals surface area contributed by atoms with Crippen LogP contribution < -0.4 is 10.6 Å². The normalized spacial score (nSPS) is 17.7. The summed E-state index contributed by atoms with van der Waals surface area (Å²) in [7, 11) is 0. The number of carbonyl (C=O) groups is 3. The summed E-state index contributed by atoms with van der Waals surface area (Å²) in [5, 5.41) is 14.3. The van der Waals surface area contributed by atoms with Crippen molar-refractivity contribution in [3.05, 3.63) is 89.2 Å². The molecule has 0 aromatic heterocycles. The molecule has 8 heteroatoms. The van der Waals surface area contributed by atoms with E-state index in [2.05, 4.69) is 22.8 Å². The van der Waals surface area contributed by atoms with E-state index in [1.54, 1.807) is 0 Å². The number of benzene rings is 3. The maximum absolute atomic E-state index is 13.6. The molecule has 0 aliphatic heterocycles. The minimum Gasteiger partial charge on any atom is -0.478 e. The Morgan fingerprint density at radius 1 is 0.971 bits per heavy atom. The molecule has 3 aromatic rings. The van der Waals surface area contributed by atoms with Crippen molar-refractivity contribution in [2.75, 3.05) is 18.5 Å². The molecular weight excluding hydrogens is 451 g/mol.